The minimum atomic E-state index is -3.83. The Bertz CT molecular complexity index is 616. The number of rotatable bonds is 3. The molecule has 0 saturated carbocycles. The van der Waals surface area contributed by atoms with E-state index in [4.69, 9.17) is 5.73 Å². The van der Waals surface area contributed by atoms with Gasteiger partial charge in [-0.3, -0.25) is 10.1 Å². The number of anilines is 1. The summed E-state index contributed by atoms with van der Waals surface area (Å²) in [5, 5.41) is 20.1. The molecular weight excluding hydrogens is 274 g/mol. The van der Waals surface area contributed by atoms with Crippen molar-refractivity contribution in [1.82, 2.24) is 4.31 Å². The molecule has 8 nitrogen and oxygen atoms in total. The summed E-state index contributed by atoms with van der Waals surface area (Å²) in [6.07, 6.45) is -0.338. The van der Waals surface area contributed by atoms with E-state index in [0.29, 0.717) is 6.42 Å². The van der Waals surface area contributed by atoms with Gasteiger partial charge >= 0.3 is 0 Å². The molecule has 1 fully saturated rings. The molecule has 1 unspecified atom stereocenters. The number of nitro groups is 1. The molecule has 1 aliphatic heterocycles. The van der Waals surface area contributed by atoms with E-state index >= 15 is 0 Å². The number of aliphatic hydroxyl groups is 1. The number of aliphatic hydroxyl groups excluding tert-OH is 1. The van der Waals surface area contributed by atoms with Crippen LogP contribution in [0.15, 0.2) is 23.1 Å². The van der Waals surface area contributed by atoms with Gasteiger partial charge in [-0.1, -0.05) is 0 Å². The molecule has 1 heterocycles. The van der Waals surface area contributed by atoms with Gasteiger partial charge in [0.1, 0.15) is 5.69 Å². The van der Waals surface area contributed by atoms with Gasteiger partial charge in [-0.25, -0.2) is 8.42 Å². The smallest absolute Gasteiger partial charge is 0.293 e. The van der Waals surface area contributed by atoms with E-state index in [1.165, 1.54) is 12.1 Å². The van der Waals surface area contributed by atoms with Crippen LogP contribution in [0.25, 0.3) is 0 Å². The molecule has 104 valence electrons. The van der Waals surface area contributed by atoms with Crippen molar-refractivity contribution in [1.29, 1.82) is 0 Å². The van der Waals surface area contributed by atoms with Gasteiger partial charge in [-0.2, -0.15) is 4.31 Å². The van der Waals surface area contributed by atoms with Crippen LogP contribution in [0.5, 0.6) is 0 Å². The number of sulfonamides is 1. The number of β-amino-alcohol motifs (C(OH)–C–C–N with tert-alkyl or cyclic N) is 1. The summed E-state index contributed by atoms with van der Waals surface area (Å²) in [4.78, 5) is 9.83. The molecule has 1 aliphatic rings. The molecule has 9 heteroatoms. The van der Waals surface area contributed by atoms with Crippen LogP contribution in [-0.2, 0) is 10.0 Å². The lowest BCUT2D eigenvalue weighted by molar-refractivity contribution is -0.384. The number of benzene rings is 1. The minimum Gasteiger partial charge on any atom is -0.393 e. The van der Waals surface area contributed by atoms with E-state index in [1.54, 1.807) is 0 Å². The lowest BCUT2D eigenvalue weighted by atomic mass is 10.3. The van der Waals surface area contributed by atoms with Gasteiger partial charge in [0.2, 0.25) is 10.0 Å². The Labute approximate surface area is 109 Å². The molecule has 0 spiro atoms. The number of nitrogens with zero attached hydrogens (tertiary/aromatic N) is 2. The lowest BCUT2D eigenvalue weighted by Gasteiger charge is -2.15. The maximum Gasteiger partial charge on any atom is 0.293 e. The molecule has 1 atom stereocenters. The van der Waals surface area contributed by atoms with Gasteiger partial charge in [-0.15, -0.1) is 0 Å². The molecule has 1 aromatic rings. The SMILES string of the molecule is Nc1ccc(S(=O)(=O)N2CCC(O)C2)cc1[N+](=O)[O-]. The van der Waals surface area contributed by atoms with Gasteiger partial charge in [0, 0.05) is 19.2 Å². The fraction of sp³-hybridized carbons (Fsp3) is 0.400. The first kappa shape index (κ1) is 13.7. The first-order chi connectivity index (χ1) is 8.82. The number of hydrogen-bond acceptors (Lipinski definition) is 6. The summed E-state index contributed by atoms with van der Waals surface area (Å²) in [5.41, 5.74) is 4.88. The molecule has 1 saturated heterocycles. The monoisotopic (exact) mass is 287 g/mol. The molecule has 0 radical (unpaired) electrons. The van der Waals surface area contributed by atoms with Gasteiger partial charge in [0.15, 0.2) is 0 Å². The Morgan fingerprint density at radius 3 is 2.68 bits per heavy atom. The zero-order valence-electron chi connectivity index (χ0n) is 9.89. The molecular formula is C10H13N3O5S. The molecule has 0 amide bonds. The normalized spacial score (nSPS) is 20.6. The Hall–Kier alpha value is -1.71. The number of nitrogens with two attached hydrogens (primary N) is 1. The van der Waals surface area contributed by atoms with Gasteiger partial charge < -0.3 is 10.8 Å². The average Bonchev–Trinajstić information content (AvgIpc) is 2.76. The predicted octanol–water partition coefficient (Wildman–Crippen LogP) is -0.0677. The van der Waals surface area contributed by atoms with Crippen molar-refractivity contribution in [2.45, 2.75) is 17.4 Å². The highest BCUT2D eigenvalue weighted by atomic mass is 32.2. The fourth-order valence-corrected chi connectivity index (χ4v) is 3.43. The number of hydrogen-bond donors (Lipinski definition) is 2. The molecule has 19 heavy (non-hydrogen) atoms. The summed E-state index contributed by atoms with van der Waals surface area (Å²) in [6, 6.07) is 3.36. The van der Waals surface area contributed by atoms with Crippen molar-refractivity contribution in [3.63, 3.8) is 0 Å². The van der Waals surface area contributed by atoms with Crippen LogP contribution in [-0.4, -0.2) is 41.9 Å². The van der Waals surface area contributed by atoms with Crippen molar-refractivity contribution in [2.24, 2.45) is 0 Å². The lowest BCUT2D eigenvalue weighted by Crippen LogP contribution is -2.29. The highest BCUT2D eigenvalue weighted by Crippen LogP contribution is 2.28. The maximum absolute atomic E-state index is 12.2. The molecule has 0 aliphatic carbocycles. The van der Waals surface area contributed by atoms with Gasteiger partial charge in [-0.05, 0) is 18.6 Å². The molecule has 0 aromatic heterocycles. The molecule has 1 aromatic carbocycles. The number of nitro benzene ring substituents is 1. The molecule has 2 rings (SSSR count). The maximum atomic E-state index is 12.2. The molecule has 3 N–H and O–H groups in total. The van der Waals surface area contributed by atoms with E-state index in [-0.39, 0.29) is 23.7 Å². The van der Waals surface area contributed by atoms with Crippen LogP contribution >= 0.6 is 0 Å². The minimum absolute atomic E-state index is 0.000503. The van der Waals surface area contributed by atoms with Crippen LogP contribution in [0.4, 0.5) is 11.4 Å². The third-order valence-corrected chi connectivity index (χ3v) is 4.82. The van der Waals surface area contributed by atoms with E-state index in [1.807, 2.05) is 0 Å². The topological polar surface area (TPSA) is 127 Å². The Morgan fingerprint density at radius 2 is 2.16 bits per heavy atom. The van der Waals surface area contributed by atoms with Crippen molar-refractivity contribution >= 4 is 21.4 Å². The summed E-state index contributed by atoms with van der Waals surface area (Å²) in [7, 11) is -3.83. The van der Waals surface area contributed by atoms with Crippen LogP contribution in [0, 0.1) is 10.1 Å². The quantitative estimate of drug-likeness (QED) is 0.455. The summed E-state index contributed by atoms with van der Waals surface area (Å²) < 4.78 is 25.5. The van der Waals surface area contributed by atoms with Crippen molar-refractivity contribution in [3.05, 3.63) is 28.3 Å². The van der Waals surface area contributed by atoms with Crippen molar-refractivity contribution in [2.75, 3.05) is 18.8 Å². The molecule has 0 bridgehead atoms. The van der Waals surface area contributed by atoms with Crippen molar-refractivity contribution < 1.29 is 18.4 Å². The second kappa shape index (κ2) is 4.76. The zero-order valence-corrected chi connectivity index (χ0v) is 10.7. The fourth-order valence-electron chi connectivity index (χ4n) is 1.92. The van der Waals surface area contributed by atoms with E-state index in [9.17, 15) is 23.6 Å². The summed E-state index contributed by atoms with van der Waals surface area (Å²) in [5.74, 6) is 0. The van der Waals surface area contributed by atoms with Gasteiger partial charge in [0.05, 0.1) is 15.9 Å². The Kier molecular flexibility index (Phi) is 3.43. The van der Waals surface area contributed by atoms with Crippen LogP contribution in [0.2, 0.25) is 0 Å². The predicted molar refractivity (Wildman–Crippen MR) is 66.9 cm³/mol. The average molecular weight is 287 g/mol. The first-order valence-corrected chi connectivity index (χ1v) is 6.98. The zero-order chi connectivity index (χ0) is 14.2. The summed E-state index contributed by atoms with van der Waals surface area (Å²) >= 11 is 0. The van der Waals surface area contributed by atoms with E-state index in [2.05, 4.69) is 0 Å². The first-order valence-electron chi connectivity index (χ1n) is 5.54. The standard InChI is InChI=1S/C10H13N3O5S/c11-9-2-1-8(5-10(9)13(15)16)19(17,18)12-4-3-7(14)6-12/h1-2,5,7,14H,3-4,6,11H2. The third kappa shape index (κ3) is 2.53. The number of nitrogen functional groups attached to an aromatic ring is 1. The van der Waals surface area contributed by atoms with Crippen LogP contribution in [0.3, 0.4) is 0 Å². The van der Waals surface area contributed by atoms with Crippen molar-refractivity contribution in [3.8, 4) is 0 Å². The van der Waals surface area contributed by atoms with E-state index in [0.717, 1.165) is 10.4 Å². The Balaban J connectivity index is 2.41. The third-order valence-electron chi connectivity index (χ3n) is 2.96. The summed E-state index contributed by atoms with van der Waals surface area (Å²) in [6.45, 7) is 0.197. The van der Waals surface area contributed by atoms with Gasteiger partial charge in [0.25, 0.3) is 5.69 Å². The Morgan fingerprint density at radius 1 is 1.47 bits per heavy atom. The highest BCUT2D eigenvalue weighted by molar-refractivity contribution is 7.89. The second-order valence-electron chi connectivity index (χ2n) is 4.28. The largest absolute Gasteiger partial charge is 0.393 e. The van der Waals surface area contributed by atoms with Crippen LogP contribution in [0.1, 0.15) is 6.42 Å². The highest BCUT2D eigenvalue weighted by Gasteiger charge is 2.32. The second-order valence-corrected chi connectivity index (χ2v) is 6.22. The van der Waals surface area contributed by atoms with E-state index < -0.39 is 26.7 Å². The van der Waals surface area contributed by atoms with Crippen LogP contribution < -0.4 is 5.73 Å².